The van der Waals surface area contributed by atoms with Gasteiger partial charge < -0.3 is 24.2 Å². The van der Waals surface area contributed by atoms with Crippen molar-refractivity contribution in [3.63, 3.8) is 0 Å². The molecule has 186 valence electrons. The number of aromatic nitrogens is 1. The van der Waals surface area contributed by atoms with E-state index in [2.05, 4.69) is 4.98 Å². The second kappa shape index (κ2) is 11.0. The van der Waals surface area contributed by atoms with E-state index in [4.69, 9.17) is 9.47 Å². The number of methoxy groups -OCH3 is 1. The van der Waals surface area contributed by atoms with Crippen molar-refractivity contribution in [3.05, 3.63) is 52.7 Å². The first kappa shape index (κ1) is 24.2. The van der Waals surface area contributed by atoms with Crippen molar-refractivity contribution < 1.29 is 24.0 Å². The molecule has 0 radical (unpaired) electrons. The fourth-order valence-corrected chi connectivity index (χ4v) is 4.09. The van der Waals surface area contributed by atoms with Gasteiger partial charge in [0.2, 0.25) is 5.91 Å². The van der Waals surface area contributed by atoms with Crippen LogP contribution in [0.1, 0.15) is 19.3 Å². The first-order valence-corrected chi connectivity index (χ1v) is 11.6. The zero-order chi connectivity index (χ0) is 24.8. The van der Waals surface area contributed by atoms with Crippen LogP contribution in [0.25, 0.3) is 0 Å². The molecule has 1 aromatic heterocycles. The van der Waals surface area contributed by atoms with Crippen LogP contribution in [0.2, 0.25) is 0 Å². The van der Waals surface area contributed by atoms with Gasteiger partial charge in [-0.1, -0.05) is 12.1 Å². The van der Waals surface area contributed by atoms with Crippen LogP contribution in [0.5, 0.6) is 11.5 Å². The Morgan fingerprint density at radius 2 is 1.83 bits per heavy atom. The molecule has 2 fully saturated rings. The number of nitrogens with zero attached hydrogens (tertiary/aromatic N) is 5. The van der Waals surface area contributed by atoms with Gasteiger partial charge in [0.05, 0.1) is 12.0 Å². The average Bonchev–Trinajstić information content (AvgIpc) is 3.73. The van der Waals surface area contributed by atoms with Crippen molar-refractivity contribution in [1.82, 2.24) is 14.8 Å². The van der Waals surface area contributed by atoms with Crippen LogP contribution in [-0.4, -0.2) is 84.0 Å². The van der Waals surface area contributed by atoms with E-state index in [-0.39, 0.29) is 36.6 Å². The third-order valence-electron chi connectivity index (χ3n) is 6.19. The maximum Gasteiger partial charge on any atom is 0.287 e. The zero-order valence-corrected chi connectivity index (χ0v) is 19.7. The third kappa shape index (κ3) is 6.17. The molecular weight excluding hydrogens is 454 g/mol. The Kier molecular flexibility index (Phi) is 7.64. The van der Waals surface area contributed by atoms with Gasteiger partial charge in [0, 0.05) is 51.3 Å². The summed E-state index contributed by atoms with van der Waals surface area (Å²) in [7, 11) is 1.55. The molecular formula is C24H29N5O6. The van der Waals surface area contributed by atoms with E-state index in [1.165, 1.54) is 12.3 Å². The van der Waals surface area contributed by atoms with Crippen LogP contribution in [0, 0.1) is 10.1 Å². The van der Waals surface area contributed by atoms with Crippen molar-refractivity contribution in [2.24, 2.45) is 0 Å². The Morgan fingerprint density at radius 1 is 1.11 bits per heavy atom. The minimum Gasteiger partial charge on any atom is -0.493 e. The third-order valence-corrected chi connectivity index (χ3v) is 6.19. The molecule has 0 atom stereocenters. The number of ether oxygens (including phenoxy) is 2. The van der Waals surface area contributed by atoms with Gasteiger partial charge in [0.1, 0.15) is 12.0 Å². The van der Waals surface area contributed by atoms with E-state index in [0.717, 1.165) is 12.8 Å². The second-order valence-electron chi connectivity index (χ2n) is 8.51. The quantitative estimate of drug-likeness (QED) is 0.372. The number of anilines is 1. The summed E-state index contributed by atoms with van der Waals surface area (Å²) < 4.78 is 10.9. The number of hydrogen-bond acceptors (Lipinski definition) is 8. The monoisotopic (exact) mass is 483 g/mol. The molecule has 1 aliphatic carbocycles. The zero-order valence-electron chi connectivity index (χ0n) is 19.7. The number of pyridine rings is 1. The first-order chi connectivity index (χ1) is 17.0. The molecule has 35 heavy (non-hydrogen) atoms. The fourth-order valence-electron chi connectivity index (χ4n) is 4.09. The topological polar surface area (TPSA) is 118 Å². The van der Waals surface area contributed by atoms with E-state index in [0.29, 0.717) is 50.0 Å². The number of benzene rings is 1. The number of rotatable bonds is 10. The smallest absolute Gasteiger partial charge is 0.287 e. The minimum atomic E-state index is -0.478. The highest BCUT2D eigenvalue weighted by Crippen LogP contribution is 2.29. The Hall–Kier alpha value is -3.89. The van der Waals surface area contributed by atoms with Crippen molar-refractivity contribution in [3.8, 4) is 11.5 Å². The molecule has 0 unspecified atom stereocenters. The molecule has 1 saturated carbocycles. The van der Waals surface area contributed by atoms with Crippen LogP contribution in [0.3, 0.4) is 0 Å². The van der Waals surface area contributed by atoms with Crippen molar-refractivity contribution >= 4 is 23.3 Å². The van der Waals surface area contributed by atoms with Crippen LogP contribution >= 0.6 is 0 Å². The van der Waals surface area contributed by atoms with Crippen LogP contribution < -0.4 is 14.4 Å². The number of hydrogen-bond donors (Lipinski definition) is 0. The Bertz CT molecular complexity index is 1050. The van der Waals surface area contributed by atoms with E-state index >= 15 is 0 Å². The summed E-state index contributed by atoms with van der Waals surface area (Å²) in [5.41, 5.74) is -0.0503. The van der Waals surface area contributed by atoms with Gasteiger partial charge in [-0.2, -0.15) is 0 Å². The lowest BCUT2D eigenvalue weighted by atomic mass is 10.2. The van der Waals surface area contributed by atoms with Gasteiger partial charge in [0.25, 0.3) is 11.6 Å². The highest BCUT2D eigenvalue weighted by atomic mass is 16.6. The molecule has 4 rings (SSSR count). The predicted molar refractivity (Wildman–Crippen MR) is 128 cm³/mol. The number of carbonyl (C=O) groups excluding carboxylic acids is 2. The number of piperazine rings is 1. The molecule has 0 spiro atoms. The Balaban J connectivity index is 1.24. The molecule has 0 bridgehead atoms. The van der Waals surface area contributed by atoms with E-state index in [9.17, 15) is 19.7 Å². The number of para-hydroxylation sites is 2. The maximum atomic E-state index is 12.8. The highest BCUT2D eigenvalue weighted by Gasteiger charge is 2.33. The van der Waals surface area contributed by atoms with Gasteiger partial charge in [-0.3, -0.25) is 19.7 Å². The predicted octanol–water partition coefficient (Wildman–Crippen LogP) is 2.11. The molecule has 11 heteroatoms. The molecule has 0 N–H and O–H groups in total. The maximum absolute atomic E-state index is 12.8. The summed E-state index contributed by atoms with van der Waals surface area (Å²) in [5.74, 6) is 1.60. The van der Waals surface area contributed by atoms with Crippen molar-refractivity contribution in [2.45, 2.75) is 25.3 Å². The SMILES string of the molecule is COc1ccccc1OCC(=O)N(CCC(=O)N1CCN(c2ccc([N+](=O)[O-])cn2)CC1)C1CC1. The summed E-state index contributed by atoms with van der Waals surface area (Å²) in [6, 6.07) is 10.4. The summed E-state index contributed by atoms with van der Waals surface area (Å²) in [6.45, 7) is 2.51. The number of amides is 2. The summed E-state index contributed by atoms with van der Waals surface area (Å²) in [4.78, 5) is 45.7. The molecule has 11 nitrogen and oxygen atoms in total. The average molecular weight is 484 g/mol. The molecule has 2 amide bonds. The van der Waals surface area contributed by atoms with E-state index in [1.54, 1.807) is 35.1 Å². The summed E-state index contributed by atoms with van der Waals surface area (Å²) >= 11 is 0. The van der Waals surface area contributed by atoms with Gasteiger partial charge in [-0.05, 0) is 31.0 Å². The molecule has 1 saturated heterocycles. The van der Waals surface area contributed by atoms with Gasteiger partial charge in [-0.25, -0.2) is 4.98 Å². The fraction of sp³-hybridized carbons (Fsp3) is 0.458. The lowest BCUT2D eigenvalue weighted by Crippen LogP contribution is -2.49. The minimum absolute atomic E-state index is 0.00501. The van der Waals surface area contributed by atoms with Crippen LogP contribution in [0.15, 0.2) is 42.6 Å². The van der Waals surface area contributed by atoms with Gasteiger partial charge in [-0.15, -0.1) is 0 Å². The lowest BCUT2D eigenvalue weighted by Gasteiger charge is -2.35. The standard InChI is InChI=1S/C24H29N5O6/c1-34-20-4-2-3-5-21(20)35-17-24(31)28(18-6-7-18)11-10-23(30)27-14-12-26(13-15-27)22-9-8-19(16-25-22)29(32)33/h2-5,8-9,16,18H,6-7,10-15,17H2,1H3. The van der Waals surface area contributed by atoms with E-state index in [1.807, 2.05) is 17.0 Å². The van der Waals surface area contributed by atoms with Crippen LogP contribution in [0.4, 0.5) is 11.5 Å². The van der Waals surface area contributed by atoms with Crippen LogP contribution in [-0.2, 0) is 9.59 Å². The second-order valence-corrected chi connectivity index (χ2v) is 8.51. The molecule has 2 aliphatic rings. The number of carbonyl (C=O) groups is 2. The molecule has 1 aliphatic heterocycles. The molecule has 2 aromatic rings. The first-order valence-electron chi connectivity index (χ1n) is 11.6. The Labute approximate surface area is 203 Å². The lowest BCUT2D eigenvalue weighted by molar-refractivity contribution is -0.385. The number of nitro groups is 1. The summed E-state index contributed by atoms with van der Waals surface area (Å²) in [5, 5.41) is 10.8. The highest BCUT2D eigenvalue weighted by molar-refractivity contribution is 5.80. The van der Waals surface area contributed by atoms with E-state index < -0.39 is 4.92 Å². The molecule has 1 aromatic carbocycles. The van der Waals surface area contributed by atoms with Gasteiger partial charge in [0.15, 0.2) is 18.1 Å². The Morgan fingerprint density at radius 3 is 2.43 bits per heavy atom. The normalized spacial score (nSPS) is 15.5. The van der Waals surface area contributed by atoms with Crippen molar-refractivity contribution in [2.75, 3.05) is 51.3 Å². The van der Waals surface area contributed by atoms with Crippen molar-refractivity contribution in [1.29, 1.82) is 0 Å². The van der Waals surface area contributed by atoms with Gasteiger partial charge >= 0.3 is 0 Å². The summed E-state index contributed by atoms with van der Waals surface area (Å²) in [6.07, 6.45) is 3.38. The molecule has 2 heterocycles. The largest absolute Gasteiger partial charge is 0.493 e.